The summed E-state index contributed by atoms with van der Waals surface area (Å²) >= 11 is 7.42. The summed E-state index contributed by atoms with van der Waals surface area (Å²) in [5, 5.41) is 12.3. The van der Waals surface area contributed by atoms with Crippen LogP contribution in [0.2, 0.25) is 5.02 Å². The Morgan fingerprint density at radius 1 is 1.33 bits per heavy atom. The lowest BCUT2D eigenvalue weighted by molar-refractivity contribution is -0.384. The molecule has 1 saturated heterocycles. The van der Waals surface area contributed by atoms with Gasteiger partial charge in [-0.25, -0.2) is 4.99 Å². The summed E-state index contributed by atoms with van der Waals surface area (Å²) in [6.07, 6.45) is 2.98. The number of carbonyl (C=O) groups excluding carboxylic acids is 1. The molecule has 1 heterocycles. The number of rotatable bonds is 4. The topological polar surface area (TPSA) is 75.8 Å². The minimum Gasteiger partial charge on any atom is -0.287 e. The fourth-order valence-electron chi connectivity index (χ4n) is 2.51. The number of nitrogens with zero attached hydrogens (tertiary/aromatic N) is 3. The normalized spacial score (nSPS) is 18.4. The quantitative estimate of drug-likeness (QED) is 0.414. The van der Waals surface area contributed by atoms with Crippen LogP contribution in [-0.4, -0.2) is 32.7 Å². The maximum atomic E-state index is 12.6. The van der Waals surface area contributed by atoms with Crippen LogP contribution in [0.4, 0.5) is 11.4 Å². The number of nitro groups is 1. The van der Waals surface area contributed by atoms with E-state index in [0.29, 0.717) is 22.3 Å². The Labute approximate surface area is 165 Å². The molecule has 1 amide bonds. The lowest BCUT2D eigenvalue weighted by Crippen LogP contribution is -2.30. The highest BCUT2D eigenvalue weighted by Gasteiger charge is 2.29. The minimum atomic E-state index is -0.463. The highest BCUT2D eigenvalue weighted by atomic mass is 35.5. The fourth-order valence-corrected chi connectivity index (χ4v) is 3.67. The Hall–Kier alpha value is -2.64. The van der Waals surface area contributed by atoms with Gasteiger partial charge in [0.15, 0.2) is 5.17 Å². The molecule has 0 N–H and O–H groups in total. The Morgan fingerprint density at radius 3 is 2.78 bits per heavy atom. The summed E-state index contributed by atoms with van der Waals surface area (Å²) in [6, 6.07) is 13.2. The fraction of sp³-hybridized carbons (Fsp3) is 0.158. The minimum absolute atomic E-state index is 0.0139. The maximum absolute atomic E-state index is 12.6. The van der Waals surface area contributed by atoms with Crippen molar-refractivity contribution < 1.29 is 9.72 Å². The largest absolute Gasteiger partial charge is 0.287 e. The van der Waals surface area contributed by atoms with Crippen LogP contribution >= 0.6 is 23.4 Å². The molecule has 3 rings (SSSR count). The van der Waals surface area contributed by atoms with Gasteiger partial charge in [-0.3, -0.25) is 19.8 Å². The van der Waals surface area contributed by atoms with E-state index in [1.807, 2.05) is 6.92 Å². The molecule has 8 heteroatoms. The zero-order valence-electron chi connectivity index (χ0n) is 14.4. The highest BCUT2D eigenvalue weighted by Crippen LogP contribution is 2.29. The number of hydrogen-bond acceptors (Lipinski definition) is 5. The molecule has 27 heavy (non-hydrogen) atoms. The van der Waals surface area contributed by atoms with Gasteiger partial charge in [0.05, 0.1) is 10.6 Å². The standard InChI is InChI=1S/C19H16ClN3O3S/c1-13-12-22(19(27-13)21-16-8-6-15(20)7-9-16)18(24)10-5-14-3-2-4-17(11-14)23(25)26/h2-11,13H,12H2,1H3/b10-5+,21-19?/t13-/m1/s1. The van der Waals surface area contributed by atoms with Crippen molar-refractivity contribution in [2.75, 3.05) is 6.54 Å². The number of amides is 1. The molecule has 1 aliphatic rings. The predicted octanol–water partition coefficient (Wildman–Crippen LogP) is 4.91. The van der Waals surface area contributed by atoms with Crippen molar-refractivity contribution in [3.63, 3.8) is 0 Å². The summed E-state index contributed by atoms with van der Waals surface area (Å²) in [5.41, 5.74) is 1.30. The van der Waals surface area contributed by atoms with Gasteiger partial charge in [0.2, 0.25) is 0 Å². The maximum Gasteiger partial charge on any atom is 0.270 e. The van der Waals surface area contributed by atoms with E-state index < -0.39 is 4.92 Å². The third-order valence-electron chi connectivity index (χ3n) is 3.79. The van der Waals surface area contributed by atoms with Crippen LogP contribution in [0.15, 0.2) is 59.6 Å². The van der Waals surface area contributed by atoms with Gasteiger partial charge >= 0.3 is 0 Å². The van der Waals surface area contributed by atoms with Gasteiger partial charge in [-0.2, -0.15) is 0 Å². The molecule has 2 aromatic rings. The first-order valence-electron chi connectivity index (χ1n) is 8.17. The third-order valence-corrected chi connectivity index (χ3v) is 5.12. The van der Waals surface area contributed by atoms with Crippen molar-refractivity contribution in [1.29, 1.82) is 0 Å². The van der Waals surface area contributed by atoms with E-state index in [1.165, 1.54) is 30.0 Å². The molecule has 1 aliphatic heterocycles. The van der Waals surface area contributed by atoms with Crippen LogP contribution in [-0.2, 0) is 4.79 Å². The second kappa shape index (κ2) is 8.37. The van der Waals surface area contributed by atoms with Crippen LogP contribution in [0.3, 0.4) is 0 Å². The predicted molar refractivity (Wildman–Crippen MR) is 109 cm³/mol. The second-order valence-electron chi connectivity index (χ2n) is 5.93. The Kier molecular flexibility index (Phi) is 5.93. The van der Waals surface area contributed by atoms with Crippen molar-refractivity contribution in [1.82, 2.24) is 4.90 Å². The van der Waals surface area contributed by atoms with Crippen LogP contribution in [0, 0.1) is 10.1 Å². The molecule has 0 spiro atoms. The first kappa shape index (κ1) is 19.1. The molecular weight excluding hydrogens is 386 g/mol. The molecular formula is C19H16ClN3O3S. The van der Waals surface area contributed by atoms with E-state index in [-0.39, 0.29) is 16.8 Å². The van der Waals surface area contributed by atoms with Crippen molar-refractivity contribution in [3.05, 3.63) is 75.3 Å². The smallest absolute Gasteiger partial charge is 0.270 e. The Bertz CT molecular complexity index is 928. The van der Waals surface area contributed by atoms with Gasteiger partial charge in [-0.05, 0) is 35.9 Å². The number of amidine groups is 1. The molecule has 6 nitrogen and oxygen atoms in total. The summed E-state index contributed by atoms with van der Waals surface area (Å²) < 4.78 is 0. The molecule has 0 saturated carbocycles. The number of non-ortho nitro benzene ring substituents is 1. The monoisotopic (exact) mass is 401 g/mol. The summed E-state index contributed by atoms with van der Waals surface area (Å²) in [6.45, 7) is 2.58. The second-order valence-corrected chi connectivity index (χ2v) is 7.78. The molecule has 0 aromatic heterocycles. The lowest BCUT2D eigenvalue weighted by atomic mass is 10.2. The number of thioether (sulfide) groups is 1. The summed E-state index contributed by atoms with van der Waals surface area (Å²) in [4.78, 5) is 29.2. The van der Waals surface area contributed by atoms with Gasteiger partial charge < -0.3 is 0 Å². The zero-order valence-corrected chi connectivity index (χ0v) is 16.0. The molecule has 138 valence electrons. The number of nitro benzene ring substituents is 1. The lowest BCUT2D eigenvalue weighted by Gasteiger charge is -2.13. The van der Waals surface area contributed by atoms with Crippen molar-refractivity contribution in [3.8, 4) is 0 Å². The first-order valence-corrected chi connectivity index (χ1v) is 9.43. The molecule has 0 aliphatic carbocycles. The van der Waals surface area contributed by atoms with Crippen molar-refractivity contribution in [2.45, 2.75) is 12.2 Å². The summed E-state index contributed by atoms with van der Waals surface area (Å²) in [7, 11) is 0. The van der Waals surface area contributed by atoms with Gasteiger partial charge in [0.1, 0.15) is 0 Å². The van der Waals surface area contributed by atoms with E-state index in [1.54, 1.807) is 47.4 Å². The number of halogens is 1. The van der Waals surface area contributed by atoms with Gasteiger partial charge in [-0.15, -0.1) is 0 Å². The van der Waals surface area contributed by atoms with Gasteiger partial charge in [0, 0.05) is 35.0 Å². The van der Waals surface area contributed by atoms with Crippen molar-refractivity contribution in [2.24, 2.45) is 4.99 Å². The van der Waals surface area contributed by atoms with E-state index in [9.17, 15) is 14.9 Å². The first-order chi connectivity index (χ1) is 12.9. The molecule has 1 atom stereocenters. The zero-order chi connectivity index (χ0) is 19.4. The SMILES string of the molecule is C[C@@H]1CN(C(=O)/C=C/c2cccc([N+](=O)[O-])c2)C(=Nc2ccc(Cl)cc2)S1. The molecule has 0 bridgehead atoms. The van der Waals surface area contributed by atoms with E-state index >= 15 is 0 Å². The van der Waals surface area contributed by atoms with E-state index in [2.05, 4.69) is 4.99 Å². The molecule has 0 unspecified atom stereocenters. The number of carbonyl (C=O) groups is 1. The number of benzene rings is 2. The average Bonchev–Trinajstić information content (AvgIpc) is 3.02. The van der Waals surface area contributed by atoms with Crippen molar-refractivity contribution >= 4 is 51.9 Å². The van der Waals surface area contributed by atoms with Crippen LogP contribution in [0.5, 0.6) is 0 Å². The van der Waals surface area contributed by atoms with Crippen LogP contribution in [0.1, 0.15) is 12.5 Å². The van der Waals surface area contributed by atoms with Gasteiger partial charge in [-0.1, -0.05) is 42.4 Å². The van der Waals surface area contributed by atoms with E-state index in [0.717, 1.165) is 5.69 Å². The van der Waals surface area contributed by atoms with Crippen LogP contribution in [0.25, 0.3) is 6.08 Å². The average molecular weight is 402 g/mol. The van der Waals surface area contributed by atoms with Crippen LogP contribution < -0.4 is 0 Å². The highest BCUT2D eigenvalue weighted by molar-refractivity contribution is 8.14. The third kappa shape index (κ3) is 4.96. The summed E-state index contributed by atoms with van der Waals surface area (Å²) in [5.74, 6) is -0.217. The molecule has 2 aromatic carbocycles. The Morgan fingerprint density at radius 2 is 2.07 bits per heavy atom. The molecule has 1 fully saturated rings. The van der Waals surface area contributed by atoms with Gasteiger partial charge in [0.25, 0.3) is 11.6 Å². The molecule has 0 radical (unpaired) electrons. The number of aliphatic imine (C=N–C) groups is 1. The number of hydrogen-bond donors (Lipinski definition) is 0. The van der Waals surface area contributed by atoms with E-state index in [4.69, 9.17) is 11.6 Å². The Balaban J connectivity index is 1.78.